The number of alkyl carbamates (subject to hydrolysis) is 1. The van der Waals surface area contributed by atoms with E-state index >= 15 is 0 Å². The Bertz CT molecular complexity index is 1330. The number of aliphatic hydroxyl groups is 1. The molecule has 43 heavy (non-hydrogen) atoms. The summed E-state index contributed by atoms with van der Waals surface area (Å²) in [6.07, 6.45) is -0.879. The molecule has 0 radical (unpaired) electrons. The molecule has 0 saturated carbocycles. The van der Waals surface area contributed by atoms with Gasteiger partial charge in [0.1, 0.15) is 24.3 Å². The van der Waals surface area contributed by atoms with Crippen molar-refractivity contribution < 1.29 is 36.6 Å². The lowest BCUT2D eigenvalue weighted by atomic mass is 10.00. The number of rotatable bonds is 18. The van der Waals surface area contributed by atoms with Gasteiger partial charge in [0.05, 0.1) is 36.1 Å². The van der Waals surface area contributed by atoms with E-state index in [2.05, 4.69) is 16.0 Å². The van der Waals surface area contributed by atoms with Crippen LogP contribution in [0.1, 0.15) is 49.8 Å². The zero-order valence-electron chi connectivity index (χ0n) is 24.4. The quantitative estimate of drug-likeness (QED) is 0.185. The molecule has 0 aliphatic heterocycles. The number of hydrogen-bond acceptors (Lipinski definition) is 8. The number of ether oxygens (including phenoxy) is 1. The Labute approximate surface area is 251 Å². The predicted molar refractivity (Wildman–Crippen MR) is 158 cm³/mol. The van der Waals surface area contributed by atoms with Gasteiger partial charge in [-0.2, -0.15) is 5.26 Å². The molecule has 1 unspecified atom stereocenters. The fourth-order valence-corrected chi connectivity index (χ4v) is 5.91. The standard InChI is InChI=1S/C30H40F2N4O6S/c1-3-5-12-43(40,41)20-27(36-30(39)42-11-7-10-33)29(38)35-26(16-23-14-24(31)17-25(32)15-23)28(37)19-34-18-22-9-6-8-21(4-2)13-22/h6,8-9,13-15,17,26-28,34,37H,3-5,7,11-12,16,18-20H2,1-2H3,(H,35,38)(H,36,39)/t26-,27?,28+/m0/s1. The number of unbranched alkanes of at least 4 members (excludes halogenated alkanes) is 1. The molecular formula is C30H40F2N4O6S. The van der Waals surface area contributed by atoms with E-state index in [0.717, 1.165) is 29.7 Å². The topological polar surface area (TPSA) is 158 Å². The Morgan fingerprint density at radius 3 is 2.40 bits per heavy atom. The van der Waals surface area contributed by atoms with Crippen molar-refractivity contribution in [2.24, 2.45) is 0 Å². The molecule has 4 N–H and O–H groups in total. The van der Waals surface area contributed by atoms with Crippen LogP contribution < -0.4 is 16.0 Å². The minimum atomic E-state index is -3.79. The van der Waals surface area contributed by atoms with Gasteiger partial charge in [0, 0.05) is 19.2 Å². The summed E-state index contributed by atoms with van der Waals surface area (Å²) in [6.45, 7) is 3.94. The van der Waals surface area contributed by atoms with Crippen molar-refractivity contribution in [1.29, 1.82) is 5.26 Å². The van der Waals surface area contributed by atoms with E-state index in [-0.39, 0.29) is 37.3 Å². The molecule has 2 aromatic rings. The fraction of sp³-hybridized carbons (Fsp3) is 0.500. The van der Waals surface area contributed by atoms with Crippen molar-refractivity contribution in [3.05, 3.63) is 70.8 Å². The smallest absolute Gasteiger partial charge is 0.407 e. The summed E-state index contributed by atoms with van der Waals surface area (Å²) < 4.78 is 58.1. The van der Waals surface area contributed by atoms with Crippen LogP contribution in [0.25, 0.3) is 0 Å². The van der Waals surface area contributed by atoms with Crippen molar-refractivity contribution in [3.63, 3.8) is 0 Å². The van der Waals surface area contributed by atoms with Crippen LogP contribution >= 0.6 is 0 Å². The van der Waals surface area contributed by atoms with Crippen LogP contribution in [-0.2, 0) is 38.8 Å². The molecule has 0 saturated heterocycles. The summed E-state index contributed by atoms with van der Waals surface area (Å²) in [5.41, 5.74) is 2.25. The molecule has 3 atom stereocenters. The molecule has 2 amide bonds. The van der Waals surface area contributed by atoms with E-state index in [9.17, 15) is 31.9 Å². The van der Waals surface area contributed by atoms with Crippen LogP contribution in [0.5, 0.6) is 0 Å². The van der Waals surface area contributed by atoms with Gasteiger partial charge in [0.2, 0.25) is 5.91 Å². The second-order valence-corrected chi connectivity index (χ2v) is 12.4. The number of nitrogens with one attached hydrogen (secondary N) is 3. The maximum absolute atomic E-state index is 13.9. The maximum atomic E-state index is 13.9. The van der Waals surface area contributed by atoms with Gasteiger partial charge >= 0.3 is 6.09 Å². The molecular weight excluding hydrogens is 582 g/mol. The molecule has 2 rings (SSSR count). The zero-order chi connectivity index (χ0) is 31.8. The first kappa shape index (κ1) is 35.6. The number of halogens is 2. The largest absolute Gasteiger partial charge is 0.448 e. The van der Waals surface area contributed by atoms with E-state index in [4.69, 9.17) is 10.00 Å². The average molecular weight is 623 g/mol. The summed E-state index contributed by atoms with van der Waals surface area (Å²) in [7, 11) is -3.79. The van der Waals surface area contributed by atoms with Gasteiger partial charge in [-0.25, -0.2) is 22.0 Å². The molecule has 0 aliphatic rings. The molecule has 0 fully saturated rings. The Balaban J connectivity index is 2.25. The molecule has 0 bridgehead atoms. The number of aryl methyl sites for hydroxylation is 1. The minimum Gasteiger partial charge on any atom is -0.448 e. The van der Waals surface area contributed by atoms with Gasteiger partial charge in [-0.15, -0.1) is 0 Å². The predicted octanol–water partition coefficient (Wildman–Crippen LogP) is 2.93. The Hall–Kier alpha value is -3.60. The lowest BCUT2D eigenvalue weighted by molar-refractivity contribution is -0.124. The summed E-state index contributed by atoms with van der Waals surface area (Å²) in [6, 6.07) is 9.74. The highest BCUT2D eigenvalue weighted by Crippen LogP contribution is 2.13. The zero-order valence-corrected chi connectivity index (χ0v) is 25.3. The van der Waals surface area contributed by atoms with E-state index < -0.39 is 57.4 Å². The van der Waals surface area contributed by atoms with Crippen LogP contribution in [0.15, 0.2) is 42.5 Å². The fourth-order valence-electron chi connectivity index (χ4n) is 4.27. The first-order chi connectivity index (χ1) is 20.5. The number of nitrogens with zero attached hydrogens (tertiary/aromatic N) is 1. The summed E-state index contributed by atoms with van der Waals surface area (Å²) in [5, 5.41) is 27.6. The number of carbonyl (C=O) groups is 2. The minimum absolute atomic E-state index is 0.0256. The van der Waals surface area contributed by atoms with E-state index in [1.54, 1.807) is 13.0 Å². The summed E-state index contributed by atoms with van der Waals surface area (Å²) in [5.74, 6) is -3.57. The molecule has 0 aliphatic carbocycles. The first-order valence-electron chi connectivity index (χ1n) is 14.2. The number of aliphatic hydroxyl groups excluding tert-OH is 1. The van der Waals surface area contributed by atoms with Crippen molar-refractivity contribution >= 4 is 21.8 Å². The Morgan fingerprint density at radius 1 is 1.05 bits per heavy atom. The molecule has 10 nitrogen and oxygen atoms in total. The van der Waals surface area contributed by atoms with Crippen LogP contribution in [-0.4, -0.2) is 68.4 Å². The highest BCUT2D eigenvalue weighted by atomic mass is 32.2. The number of hydrogen-bond donors (Lipinski definition) is 4. The lowest BCUT2D eigenvalue weighted by Gasteiger charge is -2.27. The molecule has 13 heteroatoms. The molecule has 236 valence electrons. The SMILES string of the molecule is CCCCS(=O)(=O)CC(NC(=O)OCCC#N)C(=O)N[C@@H](Cc1cc(F)cc(F)c1)[C@H](O)CNCc1cccc(CC)c1. The van der Waals surface area contributed by atoms with Crippen molar-refractivity contribution in [1.82, 2.24) is 16.0 Å². The average Bonchev–Trinajstić information content (AvgIpc) is 2.95. The molecule has 0 aromatic heterocycles. The van der Waals surface area contributed by atoms with Crippen LogP contribution in [0, 0.1) is 23.0 Å². The van der Waals surface area contributed by atoms with Crippen molar-refractivity contribution in [3.8, 4) is 6.07 Å². The monoisotopic (exact) mass is 622 g/mol. The molecule has 0 heterocycles. The van der Waals surface area contributed by atoms with Gasteiger partial charge in [0.25, 0.3) is 0 Å². The molecule has 2 aromatic carbocycles. The summed E-state index contributed by atoms with van der Waals surface area (Å²) in [4.78, 5) is 25.7. The number of amides is 2. The van der Waals surface area contributed by atoms with E-state index in [1.165, 1.54) is 0 Å². The van der Waals surface area contributed by atoms with Gasteiger partial charge in [0.15, 0.2) is 9.84 Å². The summed E-state index contributed by atoms with van der Waals surface area (Å²) >= 11 is 0. The third-order valence-electron chi connectivity index (χ3n) is 6.54. The normalized spacial score (nSPS) is 13.4. The van der Waals surface area contributed by atoms with Crippen LogP contribution in [0.3, 0.4) is 0 Å². The second-order valence-electron chi connectivity index (χ2n) is 10.2. The van der Waals surface area contributed by atoms with E-state index in [0.29, 0.717) is 25.5 Å². The van der Waals surface area contributed by atoms with Gasteiger partial charge in [-0.1, -0.05) is 44.5 Å². The number of nitriles is 1. The van der Waals surface area contributed by atoms with Crippen molar-refractivity contribution in [2.75, 3.05) is 24.7 Å². The molecule has 0 spiro atoms. The van der Waals surface area contributed by atoms with Gasteiger partial charge < -0.3 is 25.8 Å². The van der Waals surface area contributed by atoms with Crippen LogP contribution in [0.4, 0.5) is 13.6 Å². The number of carbonyl (C=O) groups excluding carboxylic acids is 2. The van der Waals surface area contributed by atoms with Crippen molar-refractivity contribution in [2.45, 2.75) is 70.7 Å². The van der Waals surface area contributed by atoms with Gasteiger partial charge in [-0.3, -0.25) is 4.79 Å². The highest BCUT2D eigenvalue weighted by molar-refractivity contribution is 7.91. The van der Waals surface area contributed by atoms with E-state index in [1.807, 2.05) is 31.2 Å². The highest BCUT2D eigenvalue weighted by Gasteiger charge is 2.31. The maximum Gasteiger partial charge on any atom is 0.407 e. The Kier molecular flexibility index (Phi) is 15.0. The number of benzene rings is 2. The third kappa shape index (κ3) is 13.5. The first-order valence-corrected chi connectivity index (χ1v) is 16.0. The van der Waals surface area contributed by atoms with Crippen LogP contribution in [0.2, 0.25) is 0 Å². The third-order valence-corrected chi connectivity index (χ3v) is 8.29. The second kappa shape index (κ2) is 18.1. The van der Waals surface area contributed by atoms with Gasteiger partial charge in [-0.05, 0) is 48.1 Å². The Morgan fingerprint density at radius 2 is 1.74 bits per heavy atom. The number of sulfone groups is 1. The lowest BCUT2D eigenvalue weighted by Crippen LogP contribution is -2.56.